The predicted octanol–water partition coefficient (Wildman–Crippen LogP) is 5.02. The zero-order chi connectivity index (χ0) is 73.8. The topological polar surface area (TPSA) is 279 Å². The Balaban J connectivity index is 1.17. The molecule has 0 aromatic heterocycles. The van der Waals surface area contributed by atoms with Gasteiger partial charge in [0.25, 0.3) is 0 Å². The van der Waals surface area contributed by atoms with Gasteiger partial charge >= 0.3 is 6.18 Å². The van der Waals surface area contributed by atoms with E-state index in [0.29, 0.717) is 50.5 Å². The van der Waals surface area contributed by atoms with E-state index in [-0.39, 0.29) is 95.5 Å². The molecule has 101 heavy (non-hydrogen) atoms. The smallest absolute Gasteiger partial charge is 0.378 e. The molecule has 3 N–H and O–H groups in total. The Morgan fingerprint density at radius 1 is 0.614 bits per heavy atom. The van der Waals surface area contributed by atoms with Gasteiger partial charge in [-0.15, -0.1) is 0 Å². The monoisotopic (exact) mass is 1440 g/mol. The van der Waals surface area contributed by atoms with Crippen molar-refractivity contribution in [1.82, 2.24) is 60.0 Å². The number of hydrogen-bond donors (Lipinski definition) is 3. The van der Waals surface area contributed by atoms with Crippen LogP contribution in [0.2, 0.25) is 5.02 Å². The highest BCUT2D eigenvalue weighted by Gasteiger charge is 2.52. The molecule has 0 radical (unpaired) electrons. The number of carbonyl (C=O) groups excluding carboxylic acids is 12. The molecule has 1 aromatic carbocycles. The van der Waals surface area contributed by atoms with Gasteiger partial charge in [-0.3, -0.25) is 57.5 Å². The largest absolute Gasteiger partial charge is 0.417 e. The maximum atomic E-state index is 15.8. The van der Waals surface area contributed by atoms with E-state index in [1.165, 1.54) is 89.7 Å². The molecule has 8 rings (SSSR count). The van der Waals surface area contributed by atoms with Gasteiger partial charge in [-0.1, -0.05) is 102 Å². The molecule has 1 spiro atoms. The fourth-order valence-electron chi connectivity index (χ4n) is 16.0. The minimum absolute atomic E-state index is 0.0212. The lowest BCUT2D eigenvalue weighted by molar-refractivity contribution is -0.158. The van der Waals surface area contributed by atoms with Crippen LogP contribution in [0.1, 0.15) is 173 Å². The highest BCUT2D eigenvalue weighted by atomic mass is 35.5. The summed E-state index contributed by atoms with van der Waals surface area (Å²) >= 11 is 6.16. The molecule has 7 atom stereocenters. The number of carbonyl (C=O) groups is 12. The van der Waals surface area contributed by atoms with E-state index in [1.54, 1.807) is 0 Å². The molecule has 29 heteroatoms. The Bertz CT molecular complexity index is 3170. The van der Waals surface area contributed by atoms with Crippen LogP contribution in [-0.4, -0.2) is 265 Å². The van der Waals surface area contributed by atoms with Gasteiger partial charge in [0.2, 0.25) is 70.9 Å². The number of aryl methyl sites for hydroxylation is 1. The Morgan fingerprint density at radius 2 is 1.22 bits per heavy atom. The van der Waals surface area contributed by atoms with E-state index >= 15 is 28.8 Å². The third-order valence-electron chi connectivity index (χ3n) is 22.4. The van der Waals surface area contributed by atoms with Crippen molar-refractivity contribution in [2.24, 2.45) is 23.7 Å². The Labute approximate surface area is 597 Å². The Hall–Kier alpha value is -7.10. The molecule has 0 bridgehead atoms. The minimum Gasteiger partial charge on any atom is -0.378 e. The first-order valence-electron chi connectivity index (χ1n) is 36.6. The number of alkyl halides is 3. The second-order valence-electron chi connectivity index (χ2n) is 30.0. The number of halogens is 4. The number of amides is 12. The number of nitrogens with one attached hydrogen (secondary N) is 3. The standard InChI is InChI=1S/C72H108ClF3N12O13/c1-45(2)38-54-63(93)78-61(48-24-18-25-48)68(98)82(5)43-59(91)80(3)44-60(92)84(7)55(40-46-20-12-10-13-21-46)66(96)81(4)42-57(89)77-52(30-28-47-27-29-50(51(73)39-47)72(74,75)76)65(95)88-33-19-26-53(88)64(94)79-71(31-16-17-32-71)70(100)86(9)62(49-22-14-11-15-23-49)69(99)85(8)56(41-58(90)83(54)6)67(97)87-34-36-101-37-35-87/h27,29,39,45-46,48-49,52-56,61-62H,10-26,28,30-38,40-44H2,1-9H3,(H,77,89)(H,78,93)(H,79,94)/t52-,53-,54-,55-,56-,61-,62-/m0/s1. The van der Waals surface area contributed by atoms with Crippen molar-refractivity contribution >= 4 is 82.5 Å². The summed E-state index contributed by atoms with van der Waals surface area (Å²) in [7, 11) is 10.0. The number of hydrogen-bond acceptors (Lipinski definition) is 13. The van der Waals surface area contributed by atoms with Gasteiger partial charge in [-0.25, -0.2) is 0 Å². The molecule has 3 heterocycles. The van der Waals surface area contributed by atoms with E-state index in [1.807, 2.05) is 13.8 Å². The molecule has 562 valence electrons. The third kappa shape index (κ3) is 19.8. The Morgan fingerprint density at radius 3 is 1.82 bits per heavy atom. The van der Waals surface area contributed by atoms with Crippen LogP contribution in [0.3, 0.4) is 0 Å². The predicted molar refractivity (Wildman–Crippen MR) is 368 cm³/mol. The second-order valence-corrected chi connectivity index (χ2v) is 30.4. The SMILES string of the molecule is CC(C)C[C@H]1C(=O)N[C@@H](C2CCC2)C(=O)N(C)CC(=O)N(C)CC(=O)N(C)[C@@H](CC2CCCCC2)C(=O)N(C)CC(=O)N[C@@H](CCc2ccc(C(F)(F)F)c(Cl)c2)C(=O)N2CCC[C@H]2C(=O)NC2(CCCC2)C(=O)N(C)[C@@H](C2CCCCC2)C(=O)N(C)[C@H](C(=O)N2CCOCC2)CC(=O)N1C. The second kappa shape index (κ2) is 35.4. The van der Waals surface area contributed by atoms with Crippen molar-refractivity contribution in [3.05, 3.63) is 34.3 Å². The molecule has 0 unspecified atom stereocenters. The molecule has 4 saturated carbocycles. The quantitative estimate of drug-likeness (QED) is 0.278. The number of nitrogens with zero attached hydrogens (tertiary/aromatic N) is 9. The highest BCUT2D eigenvalue weighted by Crippen LogP contribution is 2.39. The highest BCUT2D eigenvalue weighted by molar-refractivity contribution is 6.31. The molecule has 25 nitrogen and oxygen atoms in total. The number of benzene rings is 1. The van der Waals surface area contributed by atoms with Crippen molar-refractivity contribution in [1.29, 1.82) is 0 Å². The van der Waals surface area contributed by atoms with E-state index < -0.39 is 167 Å². The lowest BCUT2D eigenvalue weighted by Crippen LogP contribution is -2.65. The van der Waals surface area contributed by atoms with Crippen LogP contribution in [0.15, 0.2) is 18.2 Å². The zero-order valence-corrected chi connectivity index (χ0v) is 61.3. The summed E-state index contributed by atoms with van der Waals surface area (Å²) in [6.07, 6.45) is 6.27. The number of morpholine rings is 1. The lowest BCUT2D eigenvalue weighted by atomic mass is 9.79. The summed E-state index contributed by atoms with van der Waals surface area (Å²) in [5.74, 6) is -8.58. The van der Waals surface area contributed by atoms with Gasteiger partial charge < -0.3 is 64.8 Å². The van der Waals surface area contributed by atoms with Crippen molar-refractivity contribution in [3.8, 4) is 0 Å². The number of likely N-dealkylation sites (N-methyl/N-ethyl adjacent to an activating group) is 7. The van der Waals surface area contributed by atoms with Gasteiger partial charge in [0.05, 0.1) is 49.9 Å². The van der Waals surface area contributed by atoms with Gasteiger partial charge in [-0.2, -0.15) is 13.2 Å². The molecule has 7 fully saturated rings. The first-order valence-corrected chi connectivity index (χ1v) is 36.9. The molecular weight excluding hydrogens is 1330 g/mol. The number of ether oxygens (including phenoxy) is 1. The maximum absolute atomic E-state index is 15.8. The van der Waals surface area contributed by atoms with Crippen LogP contribution in [0, 0.1) is 23.7 Å². The van der Waals surface area contributed by atoms with Crippen molar-refractivity contribution in [2.75, 3.05) is 102 Å². The van der Waals surface area contributed by atoms with E-state index in [4.69, 9.17) is 16.3 Å². The maximum Gasteiger partial charge on any atom is 0.417 e. The lowest BCUT2D eigenvalue weighted by Gasteiger charge is -2.43. The minimum atomic E-state index is -4.76. The molecule has 3 aliphatic heterocycles. The molecule has 4 aliphatic carbocycles. The summed E-state index contributed by atoms with van der Waals surface area (Å²) in [4.78, 5) is 191. The van der Waals surface area contributed by atoms with Crippen molar-refractivity contribution < 1.29 is 75.4 Å². The molecule has 1 aromatic rings. The van der Waals surface area contributed by atoms with Gasteiger partial charge in [-0.05, 0) is 118 Å². The molecule has 7 aliphatic rings. The normalized spacial score (nSPS) is 27.3. The summed E-state index contributed by atoms with van der Waals surface area (Å²) in [6.45, 7) is 2.84. The van der Waals surface area contributed by atoms with Crippen LogP contribution in [0.25, 0.3) is 0 Å². The number of fused-ring (bicyclic) bond motifs is 1. The van der Waals surface area contributed by atoms with E-state index in [9.17, 15) is 41.9 Å². The van der Waals surface area contributed by atoms with Crippen molar-refractivity contribution in [2.45, 2.75) is 222 Å². The van der Waals surface area contributed by atoms with Gasteiger partial charge in [0.15, 0.2) is 0 Å². The average molecular weight is 1440 g/mol. The molecular formula is C72H108ClF3N12O13. The molecule has 3 saturated heterocycles. The van der Waals surface area contributed by atoms with Crippen molar-refractivity contribution in [3.63, 3.8) is 0 Å². The van der Waals surface area contributed by atoms with E-state index in [2.05, 4.69) is 16.0 Å². The van der Waals surface area contributed by atoms with Crippen LogP contribution in [0.5, 0.6) is 0 Å². The third-order valence-corrected chi connectivity index (χ3v) is 22.7. The van der Waals surface area contributed by atoms with Crippen LogP contribution < -0.4 is 16.0 Å². The summed E-state index contributed by atoms with van der Waals surface area (Å²) in [5.41, 5.74) is -2.35. The first kappa shape index (κ1) is 79.6. The van der Waals surface area contributed by atoms with Crippen LogP contribution in [-0.2, 0) is 74.9 Å². The summed E-state index contributed by atoms with van der Waals surface area (Å²) < 4.78 is 47.3. The fraction of sp³-hybridized carbons (Fsp3) is 0.750. The number of rotatable bonds is 10. The van der Waals surface area contributed by atoms with Crippen LogP contribution >= 0.6 is 11.6 Å². The average Bonchev–Trinajstić information content (AvgIpc) is 1.42. The van der Waals surface area contributed by atoms with Gasteiger partial charge in [0, 0.05) is 69.0 Å². The summed E-state index contributed by atoms with van der Waals surface area (Å²) in [5, 5.41) is 8.22. The van der Waals surface area contributed by atoms with E-state index in [0.717, 1.165) is 79.7 Å². The van der Waals surface area contributed by atoms with Gasteiger partial charge in [0.1, 0.15) is 47.8 Å². The zero-order valence-electron chi connectivity index (χ0n) is 60.6. The first-order chi connectivity index (χ1) is 47.8. The fourth-order valence-corrected chi connectivity index (χ4v) is 16.3. The molecule has 12 amide bonds. The Kier molecular flexibility index (Phi) is 27.9. The summed E-state index contributed by atoms with van der Waals surface area (Å²) in [6, 6.07) is -5.51. The van der Waals surface area contributed by atoms with Crippen LogP contribution in [0.4, 0.5) is 13.2 Å².